The van der Waals surface area contributed by atoms with Gasteiger partial charge in [0.1, 0.15) is 12.0 Å². The highest BCUT2D eigenvalue weighted by Crippen LogP contribution is 2.26. The van der Waals surface area contributed by atoms with Crippen LogP contribution in [0.1, 0.15) is 22.3 Å². The van der Waals surface area contributed by atoms with Crippen molar-refractivity contribution in [2.75, 3.05) is 31.1 Å². The first-order valence-corrected chi connectivity index (χ1v) is 10.3. The molecule has 0 bridgehead atoms. The molecule has 1 N–H and O–H groups in total. The van der Waals surface area contributed by atoms with Gasteiger partial charge in [-0.05, 0) is 17.5 Å². The first kappa shape index (κ1) is 17.6. The Morgan fingerprint density at radius 2 is 1.81 bits per heavy atom. The minimum absolute atomic E-state index is 0.110. The molecule has 26 heavy (non-hydrogen) atoms. The lowest BCUT2D eigenvalue weighted by molar-refractivity contribution is 0.235. The molecule has 2 aliphatic heterocycles. The molecule has 6 heteroatoms. The molecule has 4 rings (SSSR count). The number of aromatic hydroxyl groups is 1. The Bertz CT molecular complexity index is 830. The molecule has 0 spiro atoms. The number of hydrogen-bond acceptors (Lipinski definition) is 6. The number of rotatable bonds is 4. The van der Waals surface area contributed by atoms with Crippen molar-refractivity contribution < 1.29 is 9.52 Å². The molecule has 3 heterocycles. The van der Waals surface area contributed by atoms with E-state index >= 15 is 0 Å². The number of nitrogens with zero attached hydrogens (tertiary/aromatic N) is 2. The molecular formula is C20H24N2O3S. The van der Waals surface area contributed by atoms with E-state index in [1.807, 2.05) is 17.8 Å². The molecule has 1 fully saturated rings. The summed E-state index contributed by atoms with van der Waals surface area (Å²) in [5, 5.41) is 10.7. The second-order valence-electron chi connectivity index (χ2n) is 6.99. The van der Waals surface area contributed by atoms with E-state index in [2.05, 4.69) is 28.0 Å². The lowest BCUT2D eigenvalue weighted by Crippen LogP contribution is -2.33. The summed E-state index contributed by atoms with van der Waals surface area (Å²) in [5.41, 5.74) is 3.33. The maximum atomic E-state index is 12.2. The van der Waals surface area contributed by atoms with Crippen molar-refractivity contribution >= 4 is 11.8 Å². The van der Waals surface area contributed by atoms with Crippen LogP contribution in [0.15, 0.2) is 39.7 Å². The van der Waals surface area contributed by atoms with E-state index in [9.17, 15) is 9.90 Å². The maximum absolute atomic E-state index is 12.2. The molecule has 138 valence electrons. The van der Waals surface area contributed by atoms with Gasteiger partial charge in [-0.2, -0.15) is 11.8 Å². The van der Waals surface area contributed by atoms with Crippen molar-refractivity contribution in [1.29, 1.82) is 0 Å². The molecule has 1 saturated heterocycles. The van der Waals surface area contributed by atoms with Crippen molar-refractivity contribution in [3.8, 4) is 5.75 Å². The Morgan fingerprint density at radius 1 is 1.04 bits per heavy atom. The first-order chi connectivity index (χ1) is 12.7. The van der Waals surface area contributed by atoms with Crippen molar-refractivity contribution in [2.45, 2.75) is 26.1 Å². The van der Waals surface area contributed by atoms with Gasteiger partial charge in [0.15, 0.2) is 0 Å². The largest absolute Gasteiger partial charge is 0.507 e. The van der Waals surface area contributed by atoms with Crippen LogP contribution in [0.2, 0.25) is 0 Å². The minimum Gasteiger partial charge on any atom is -0.507 e. The van der Waals surface area contributed by atoms with Crippen LogP contribution in [0.25, 0.3) is 0 Å². The van der Waals surface area contributed by atoms with Crippen molar-refractivity contribution in [2.24, 2.45) is 0 Å². The summed E-state index contributed by atoms with van der Waals surface area (Å²) in [4.78, 5) is 16.7. The highest BCUT2D eigenvalue weighted by Gasteiger charge is 2.22. The zero-order chi connectivity index (χ0) is 17.9. The summed E-state index contributed by atoms with van der Waals surface area (Å²) in [7, 11) is 0. The third-order valence-electron chi connectivity index (χ3n) is 5.23. The summed E-state index contributed by atoms with van der Waals surface area (Å²) in [5.74, 6) is 2.33. The molecule has 1 aromatic heterocycles. The van der Waals surface area contributed by atoms with Gasteiger partial charge in [-0.1, -0.05) is 24.3 Å². The average Bonchev–Trinajstić information content (AvgIpc) is 2.68. The molecule has 5 nitrogen and oxygen atoms in total. The standard InChI is InChI=1S/C20H24N2O3S/c23-19-17(12-21-7-9-26-10-8-21)14-25-20(24)18(19)13-22-6-5-15-3-1-2-4-16(15)11-22/h1-4,14,23H,5-13H2. The zero-order valence-electron chi connectivity index (χ0n) is 14.8. The van der Waals surface area contributed by atoms with E-state index in [0.29, 0.717) is 24.2 Å². The van der Waals surface area contributed by atoms with Crippen LogP contribution in [0.5, 0.6) is 5.75 Å². The van der Waals surface area contributed by atoms with Gasteiger partial charge in [0.2, 0.25) is 0 Å². The van der Waals surface area contributed by atoms with Gasteiger partial charge in [0.25, 0.3) is 0 Å². The lowest BCUT2D eigenvalue weighted by Gasteiger charge is -2.29. The normalized spacial score (nSPS) is 18.6. The molecule has 0 amide bonds. The Kier molecular flexibility index (Phi) is 5.33. The van der Waals surface area contributed by atoms with Gasteiger partial charge < -0.3 is 9.52 Å². The number of hydrogen-bond donors (Lipinski definition) is 1. The predicted octanol–water partition coefficient (Wildman–Crippen LogP) is 2.45. The summed E-state index contributed by atoms with van der Waals surface area (Å²) in [6.45, 7) is 4.73. The average molecular weight is 372 g/mol. The quantitative estimate of drug-likeness (QED) is 0.890. The monoisotopic (exact) mass is 372 g/mol. The topological polar surface area (TPSA) is 56.9 Å². The Hall–Kier alpha value is -1.76. The van der Waals surface area contributed by atoms with Crippen molar-refractivity contribution in [3.63, 3.8) is 0 Å². The second kappa shape index (κ2) is 7.86. The molecule has 0 radical (unpaired) electrons. The smallest absolute Gasteiger partial charge is 0.343 e. The van der Waals surface area contributed by atoms with Crippen LogP contribution in [0.4, 0.5) is 0 Å². The van der Waals surface area contributed by atoms with E-state index in [4.69, 9.17) is 4.42 Å². The van der Waals surface area contributed by atoms with Crippen molar-refractivity contribution in [1.82, 2.24) is 9.80 Å². The minimum atomic E-state index is -0.431. The maximum Gasteiger partial charge on any atom is 0.343 e. The Morgan fingerprint density at radius 3 is 2.62 bits per heavy atom. The first-order valence-electron chi connectivity index (χ1n) is 9.12. The van der Waals surface area contributed by atoms with Gasteiger partial charge in [0, 0.05) is 56.3 Å². The van der Waals surface area contributed by atoms with Crippen LogP contribution >= 0.6 is 11.8 Å². The molecule has 0 atom stereocenters. The van der Waals surface area contributed by atoms with Crippen molar-refractivity contribution in [3.05, 3.63) is 63.2 Å². The molecule has 0 unspecified atom stereocenters. The van der Waals surface area contributed by atoms with Crippen LogP contribution in [-0.4, -0.2) is 46.0 Å². The number of benzene rings is 1. The van der Waals surface area contributed by atoms with Gasteiger partial charge in [-0.15, -0.1) is 0 Å². The molecular weight excluding hydrogens is 348 g/mol. The molecule has 2 aromatic rings. The van der Waals surface area contributed by atoms with E-state index in [0.717, 1.165) is 44.1 Å². The van der Waals surface area contributed by atoms with Gasteiger partial charge >= 0.3 is 5.63 Å². The van der Waals surface area contributed by atoms with Crippen LogP contribution in [-0.2, 0) is 26.1 Å². The van der Waals surface area contributed by atoms with E-state index in [1.54, 1.807) is 0 Å². The Labute approximate surface area is 157 Å². The molecule has 0 saturated carbocycles. The summed E-state index contributed by atoms with van der Waals surface area (Å²) < 4.78 is 5.25. The second-order valence-corrected chi connectivity index (χ2v) is 8.22. The summed E-state index contributed by atoms with van der Waals surface area (Å²) in [6, 6.07) is 8.41. The number of thioether (sulfide) groups is 1. The SMILES string of the molecule is O=c1occ(CN2CCSCC2)c(O)c1CN1CCc2ccccc2C1. The van der Waals surface area contributed by atoms with Gasteiger partial charge in [-0.3, -0.25) is 9.80 Å². The van der Waals surface area contributed by atoms with E-state index < -0.39 is 5.63 Å². The van der Waals surface area contributed by atoms with Gasteiger partial charge in [0.05, 0.1) is 5.56 Å². The molecule has 0 aliphatic carbocycles. The zero-order valence-corrected chi connectivity index (χ0v) is 15.6. The fraction of sp³-hybridized carbons (Fsp3) is 0.450. The number of fused-ring (bicyclic) bond motifs is 1. The third-order valence-corrected chi connectivity index (χ3v) is 6.18. The fourth-order valence-electron chi connectivity index (χ4n) is 3.71. The highest BCUT2D eigenvalue weighted by atomic mass is 32.2. The Balaban J connectivity index is 1.51. The third kappa shape index (κ3) is 3.82. The van der Waals surface area contributed by atoms with E-state index in [1.165, 1.54) is 17.4 Å². The molecule has 1 aromatic carbocycles. The summed E-state index contributed by atoms with van der Waals surface area (Å²) in [6.07, 6.45) is 2.39. The lowest BCUT2D eigenvalue weighted by atomic mass is 9.99. The molecule has 2 aliphatic rings. The van der Waals surface area contributed by atoms with E-state index in [-0.39, 0.29) is 5.75 Å². The van der Waals surface area contributed by atoms with Crippen LogP contribution in [0, 0.1) is 0 Å². The van der Waals surface area contributed by atoms with Crippen LogP contribution in [0.3, 0.4) is 0 Å². The highest BCUT2D eigenvalue weighted by molar-refractivity contribution is 7.99. The van der Waals surface area contributed by atoms with Crippen LogP contribution < -0.4 is 5.63 Å². The fourth-order valence-corrected chi connectivity index (χ4v) is 4.69. The van der Waals surface area contributed by atoms with Gasteiger partial charge in [-0.25, -0.2) is 4.79 Å². The predicted molar refractivity (Wildman–Crippen MR) is 104 cm³/mol. The summed E-state index contributed by atoms with van der Waals surface area (Å²) >= 11 is 1.95.